The average Bonchev–Trinajstić information content (AvgIpc) is 2.10. The van der Waals surface area contributed by atoms with Crippen LogP contribution in [0.5, 0.6) is 0 Å². The summed E-state index contributed by atoms with van der Waals surface area (Å²) in [5.41, 5.74) is 0. The Morgan fingerprint density at radius 1 is 0.810 bits per heavy atom. The summed E-state index contributed by atoms with van der Waals surface area (Å²) < 4.78 is 149. The Morgan fingerprint density at radius 3 is 1.38 bits per heavy atom. The quantitative estimate of drug-likeness (QED) is 0.429. The minimum absolute atomic E-state index is 0.0668. The number of halogens is 12. The van der Waals surface area contributed by atoms with E-state index in [0.717, 1.165) is 0 Å². The molecule has 0 aromatic rings. The fourth-order valence-corrected chi connectivity index (χ4v) is 0.939. The van der Waals surface area contributed by atoms with Crippen molar-refractivity contribution in [2.75, 3.05) is 7.11 Å². The average molecular weight is 345 g/mol. The molecule has 0 aromatic carbocycles. The number of rotatable bonds is 3. The van der Waals surface area contributed by atoms with Crippen LogP contribution in [0, 0.1) is 0 Å². The number of hydrogen-bond acceptors (Lipinski definition) is 2. The van der Waals surface area contributed by atoms with Crippen LogP contribution in [-0.4, -0.2) is 36.7 Å². The molecule has 21 heavy (non-hydrogen) atoms. The van der Waals surface area contributed by atoms with Gasteiger partial charge in [0.2, 0.25) is 5.95 Å². The van der Waals surface area contributed by atoms with E-state index in [4.69, 9.17) is 0 Å². The molecular weight excluding hydrogens is 342 g/mol. The molecule has 0 spiro atoms. The summed E-state index contributed by atoms with van der Waals surface area (Å²) in [7, 11) is -0.0668. The monoisotopic (exact) mass is 345 g/mol. The number of alkyl halides is 11. The third kappa shape index (κ3) is 4.00. The van der Waals surface area contributed by atoms with Gasteiger partial charge in [-0.2, -0.15) is 44.4 Å². The summed E-state index contributed by atoms with van der Waals surface area (Å²) in [5, 5.41) is 0. The van der Waals surface area contributed by atoms with Crippen molar-refractivity contribution in [3.8, 4) is 0 Å². The van der Waals surface area contributed by atoms with Crippen molar-refractivity contribution in [2.24, 2.45) is 0 Å². The third-order valence-corrected chi connectivity index (χ3v) is 1.72. The normalized spacial score (nSPS) is 15.7. The van der Waals surface area contributed by atoms with Crippen LogP contribution in [0.15, 0.2) is 11.7 Å². The van der Waals surface area contributed by atoms with Gasteiger partial charge in [0.15, 0.2) is 0 Å². The molecule has 0 fully saturated rings. The minimum Gasteiger partial charge on any atom is -0.489 e. The molecule has 0 aliphatic rings. The minimum atomic E-state index is -7.01. The molecule has 126 valence electrons. The zero-order valence-corrected chi connectivity index (χ0v) is 9.39. The number of hydrogen-bond donors (Lipinski definition) is 0. The van der Waals surface area contributed by atoms with Gasteiger partial charge in [-0.25, -0.2) is 0 Å². The predicted octanol–water partition coefficient (Wildman–Crippen LogP) is 4.31. The Hall–Kier alpha value is -1.50. The maximum atomic E-state index is 13.0. The second-order valence-corrected chi connectivity index (χ2v) is 3.16. The van der Waals surface area contributed by atoms with Crippen LogP contribution in [0.25, 0.3) is 0 Å². The first kappa shape index (κ1) is 19.5. The number of methoxy groups -OCH3 is 1. The molecule has 0 bridgehead atoms. The predicted molar refractivity (Wildman–Crippen MR) is 40.1 cm³/mol. The lowest BCUT2D eigenvalue weighted by atomic mass is 10.4. The Kier molecular flexibility index (Phi) is 4.98. The fourth-order valence-electron chi connectivity index (χ4n) is 0.939. The van der Waals surface area contributed by atoms with Gasteiger partial charge in [-0.3, -0.25) is 0 Å². The van der Waals surface area contributed by atoms with E-state index >= 15 is 0 Å². The molecule has 0 saturated heterocycles. The Bertz CT molecular complexity index is 401. The van der Waals surface area contributed by atoms with Crippen LogP contribution in [0.4, 0.5) is 52.7 Å². The van der Waals surface area contributed by atoms with Crippen molar-refractivity contribution in [3.63, 3.8) is 0 Å². The summed E-state index contributed by atoms with van der Waals surface area (Å²) >= 11 is 0. The smallest absolute Gasteiger partial charge is 0.489 e. The van der Waals surface area contributed by atoms with Gasteiger partial charge in [-0.1, -0.05) is 0 Å². The van der Waals surface area contributed by atoms with Crippen LogP contribution < -0.4 is 0 Å². The molecule has 0 saturated carbocycles. The largest absolute Gasteiger partial charge is 0.491 e. The Morgan fingerprint density at radius 2 is 1.19 bits per heavy atom. The molecule has 0 atom stereocenters. The van der Waals surface area contributed by atoms with Crippen LogP contribution in [0.3, 0.4) is 0 Å². The maximum absolute atomic E-state index is 13.0. The maximum Gasteiger partial charge on any atom is 0.491 e. The van der Waals surface area contributed by atoms with E-state index in [-0.39, 0.29) is 7.11 Å². The number of ether oxygens (including phenoxy) is 1. The SMILES string of the molecule is CO/C(=C(\F)N(C(F)(F)F)C(F)(F)C(F)(F)F)C(F)(F)F. The zero-order valence-electron chi connectivity index (χ0n) is 9.39. The molecule has 14 heteroatoms. The van der Waals surface area contributed by atoms with Gasteiger partial charge < -0.3 is 4.74 Å². The van der Waals surface area contributed by atoms with E-state index in [1.807, 2.05) is 0 Å². The highest BCUT2D eigenvalue weighted by atomic mass is 19.4. The topological polar surface area (TPSA) is 12.5 Å². The lowest BCUT2D eigenvalue weighted by Crippen LogP contribution is -2.57. The lowest BCUT2D eigenvalue weighted by Gasteiger charge is -2.33. The molecule has 0 radical (unpaired) electrons. The molecule has 0 unspecified atom stereocenters. The number of allylic oxidation sites excluding steroid dienone is 1. The first-order chi connectivity index (χ1) is 8.98. The van der Waals surface area contributed by atoms with Crippen LogP contribution >= 0.6 is 0 Å². The highest BCUT2D eigenvalue weighted by molar-refractivity contribution is 5.09. The highest BCUT2D eigenvalue weighted by Gasteiger charge is 2.70. The first-order valence-corrected chi connectivity index (χ1v) is 4.30. The van der Waals surface area contributed by atoms with Gasteiger partial charge in [-0.15, -0.1) is 13.2 Å². The summed E-state index contributed by atoms with van der Waals surface area (Å²) in [4.78, 5) is -3.31. The summed E-state index contributed by atoms with van der Waals surface area (Å²) in [6.07, 6.45) is -19.9. The molecule has 0 aliphatic carbocycles. The van der Waals surface area contributed by atoms with Crippen LogP contribution in [0.2, 0.25) is 0 Å². The Labute approximate surface area is 107 Å². The lowest BCUT2D eigenvalue weighted by molar-refractivity contribution is -0.405. The molecule has 0 heterocycles. The van der Waals surface area contributed by atoms with Crippen molar-refractivity contribution in [2.45, 2.75) is 24.7 Å². The Balaban J connectivity index is 6.30. The second kappa shape index (κ2) is 5.36. The van der Waals surface area contributed by atoms with E-state index < -0.39 is 41.3 Å². The summed E-state index contributed by atoms with van der Waals surface area (Å²) in [5.74, 6) is -7.29. The van der Waals surface area contributed by atoms with Gasteiger partial charge in [-0.05, 0) is 0 Å². The van der Waals surface area contributed by atoms with E-state index in [1.165, 1.54) is 0 Å². The summed E-state index contributed by atoms with van der Waals surface area (Å²) in [6, 6.07) is -7.00. The van der Waals surface area contributed by atoms with Gasteiger partial charge in [0, 0.05) is 0 Å². The number of nitrogens with zero attached hydrogens (tertiary/aromatic N) is 1. The van der Waals surface area contributed by atoms with Crippen LogP contribution in [-0.2, 0) is 4.74 Å². The molecule has 0 amide bonds. The van der Waals surface area contributed by atoms with Gasteiger partial charge in [0.05, 0.1) is 7.11 Å². The van der Waals surface area contributed by atoms with E-state index in [1.54, 1.807) is 0 Å². The third-order valence-electron chi connectivity index (χ3n) is 1.72. The van der Waals surface area contributed by atoms with Gasteiger partial charge >= 0.3 is 24.7 Å². The van der Waals surface area contributed by atoms with Crippen molar-refractivity contribution >= 4 is 0 Å². The molecule has 0 aliphatic heterocycles. The fraction of sp³-hybridized carbons (Fsp3) is 0.714. The van der Waals surface area contributed by atoms with Crippen molar-refractivity contribution in [3.05, 3.63) is 11.7 Å². The molecule has 0 N–H and O–H groups in total. The standard InChI is InChI=1S/C7H3F12NO/c1-21-2(4(9,10)11)3(8)20(7(17,18)19)6(15,16)5(12,13)14/h1H3/b3-2+. The van der Waals surface area contributed by atoms with Crippen molar-refractivity contribution < 1.29 is 57.4 Å². The molecular formula is C7H3F12NO. The van der Waals surface area contributed by atoms with Crippen molar-refractivity contribution in [1.29, 1.82) is 0 Å². The summed E-state index contributed by atoms with van der Waals surface area (Å²) in [6.45, 7) is 0. The second-order valence-electron chi connectivity index (χ2n) is 3.16. The molecule has 2 nitrogen and oxygen atoms in total. The molecule has 0 aromatic heterocycles. The van der Waals surface area contributed by atoms with E-state index in [9.17, 15) is 52.7 Å². The zero-order chi connectivity index (χ0) is 17.4. The van der Waals surface area contributed by atoms with Crippen LogP contribution in [0.1, 0.15) is 0 Å². The van der Waals surface area contributed by atoms with Crippen molar-refractivity contribution in [1.82, 2.24) is 4.90 Å². The van der Waals surface area contributed by atoms with Gasteiger partial charge in [0.1, 0.15) is 0 Å². The molecule has 0 rings (SSSR count). The van der Waals surface area contributed by atoms with E-state index in [0.29, 0.717) is 0 Å². The highest BCUT2D eigenvalue weighted by Crippen LogP contribution is 2.47. The van der Waals surface area contributed by atoms with Gasteiger partial charge in [0.25, 0.3) is 5.76 Å². The van der Waals surface area contributed by atoms with E-state index in [2.05, 4.69) is 4.74 Å². The first-order valence-electron chi connectivity index (χ1n) is 4.30.